The number of aliphatic hydroxyl groups excluding tert-OH is 1. The Hall–Kier alpha value is -3.59. The molecular weight excluding hydrogens is 486 g/mol. The molecule has 2 unspecified atom stereocenters. The lowest BCUT2D eigenvalue weighted by Gasteiger charge is -2.36. The molecule has 3 amide bonds. The van der Waals surface area contributed by atoms with Crippen LogP contribution in [0.3, 0.4) is 0 Å². The Labute approximate surface area is 225 Å². The van der Waals surface area contributed by atoms with E-state index in [0.717, 1.165) is 5.56 Å². The molecule has 0 radical (unpaired) electrons. The van der Waals surface area contributed by atoms with Gasteiger partial charge in [0.2, 0.25) is 11.8 Å². The number of ether oxygens (including phenoxy) is 1. The highest BCUT2D eigenvalue weighted by Gasteiger charge is 2.37. The molecule has 208 valence electrons. The third-order valence-electron chi connectivity index (χ3n) is 5.49. The Balaban J connectivity index is 2.56. The summed E-state index contributed by atoms with van der Waals surface area (Å²) in [4.78, 5) is 41.7. The third-order valence-corrected chi connectivity index (χ3v) is 5.49. The van der Waals surface area contributed by atoms with E-state index in [1.165, 1.54) is 11.0 Å². The number of carbonyl (C=O) groups is 3. The van der Waals surface area contributed by atoms with Crippen molar-refractivity contribution >= 4 is 17.9 Å². The molecule has 0 saturated carbocycles. The number of aromatic hydroxyl groups is 1. The molecule has 2 aromatic carbocycles. The van der Waals surface area contributed by atoms with Crippen LogP contribution < -0.4 is 10.6 Å². The van der Waals surface area contributed by atoms with E-state index in [0.29, 0.717) is 11.1 Å². The molecule has 0 bridgehead atoms. The number of carbonyl (C=O) groups excluding carboxylic acids is 3. The number of rotatable bonds is 9. The van der Waals surface area contributed by atoms with Crippen LogP contribution in [-0.2, 0) is 20.7 Å². The second kappa shape index (κ2) is 12.8. The summed E-state index contributed by atoms with van der Waals surface area (Å²) in [6.07, 6.45) is -0.629. The number of phenols is 1. The van der Waals surface area contributed by atoms with Gasteiger partial charge in [-0.25, -0.2) is 4.79 Å². The van der Waals surface area contributed by atoms with Gasteiger partial charge in [-0.15, -0.1) is 0 Å². The zero-order chi connectivity index (χ0) is 28.7. The maximum atomic E-state index is 14.1. The van der Waals surface area contributed by atoms with Gasteiger partial charge in [-0.05, 0) is 77.3 Å². The van der Waals surface area contributed by atoms with E-state index in [1.807, 2.05) is 51.1 Å². The molecule has 2 atom stereocenters. The Morgan fingerprint density at radius 2 is 1.63 bits per heavy atom. The normalized spacial score (nSPS) is 13.3. The number of alkyl carbamates (subject to hydrolysis) is 1. The number of hydrogen-bond acceptors (Lipinski definition) is 6. The summed E-state index contributed by atoms with van der Waals surface area (Å²) in [6.45, 7) is 11.8. The van der Waals surface area contributed by atoms with Crippen LogP contribution in [-0.4, -0.2) is 63.4 Å². The van der Waals surface area contributed by atoms with Crippen molar-refractivity contribution < 1.29 is 29.3 Å². The maximum Gasteiger partial charge on any atom is 0.408 e. The van der Waals surface area contributed by atoms with Crippen molar-refractivity contribution in [2.45, 2.75) is 78.1 Å². The number of nitrogens with zero attached hydrogens (tertiary/aromatic N) is 1. The maximum absolute atomic E-state index is 14.1. The third kappa shape index (κ3) is 9.37. The van der Waals surface area contributed by atoms with Gasteiger partial charge in [0.1, 0.15) is 23.4 Å². The first-order valence-electron chi connectivity index (χ1n) is 12.7. The molecule has 0 heterocycles. The Morgan fingerprint density at radius 1 is 1.00 bits per heavy atom. The molecule has 0 fully saturated rings. The lowest BCUT2D eigenvalue weighted by atomic mass is 9.97. The van der Waals surface area contributed by atoms with E-state index in [-0.39, 0.29) is 18.7 Å². The second-order valence-electron chi connectivity index (χ2n) is 11.3. The fourth-order valence-electron chi connectivity index (χ4n) is 3.93. The minimum absolute atomic E-state index is 0.0531. The van der Waals surface area contributed by atoms with Crippen LogP contribution in [0.25, 0.3) is 0 Å². The Kier molecular flexibility index (Phi) is 10.3. The van der Waals surface area contributed by atoms with Crippen molar-refractivity contribution in [3.8, 4) is 5.75 Å². The number of phenolic OH excluding ortho intramolecular Hbond substituents is 1. The van der Waals surface area contributed by atoms with Crippen LogP contribution in [0.1, 0.15) is 64.3 Å². The molecule has 0 aliphatic heterocycles. The lowest BCUT2D eigenvalue weighted by molar-refractivity contribution is -0.143. The summed E-state index contributed by atoms with van der Waals surface area (Å²) in [7, 11) is 0. The first-order chi connectivity index (χ1) is 17.6. The van der Waals surface area contributed by atoms with Crippen LogP contribution >= 0.6 is 0 Å². The van der Waals surface area contributed by atoms with E-state index in [2.05, 4.69) is 10.6 Å². The van der Waals surface area contributed by atoms with Gasteiger partial charge in [0.15, 0.2) is 0 Å². The monoisotopic (exact) mass is 527 g/mol. The average molecular weight is 528 g/mol. The zero-order valence-corrected chi connectivity index (χ0v) is 23.4. The topological polar surface area (TPSA) is 128 Å². The van der Waals surface area contributed by atoms with Crippen molar-refractivity contribution in [3.05, 3.63) is 65.2 Å². The molecule has 9 heteroatoms. The van der Waals surface area contributed by atoms with Gasteiger partial charge < -0.3 is 30.5 Å². The SMILES string of the molecule is Cc1cc(C(C(=O)NC(C)(C)C)N(CCO)C(=O)C(Cc2ccccc2)NC(=O)OC(C)(C)C)ccc1O. The van der Waals surface area contributed by atoms with Crippen molar-refractivity contribution in [1.29, 1.82) is 0 Å². The highest BCUT2D eigenvalue weighted by Crippen LogP contribution is 2.28. The predicted molar refractivity (Wildman–Crippen MR) is 146 cm³/mol. The highest BCUT2D eigenvalue weighted by atomic mass is 16.6. The first kappa shape index (κ1) is 30.6. The number of hydrogen-bond donors (Lipinski definition) is 4. The number of amides is 3. The minimum Gasteiger partial charge on any atom is -0.508 e. The van der Waals surface area contributed by atoms with Crippen LogP contribution in [0.4, 0.5) is 4.79 Å². The molecule has 0 aliphatic carbocycles. The molecule has 38 heavy (non-hydrogen) atoms. The Morgan fingerprint density at radius 3 is 2.16 bits per heavy atom. The summed E-state index contributed by atoms with van der Waals surface area (Å²) < 4.78 is 5.41. The second-order valence-corrected chi connectivity index (χ2v) is 11.3. The zero-order valence-electron chi connectivity index (χ0n) is 23.4. The van der Waals surface area contributed by atoms with Crippen LogP contribution in [0, 0.1) is 6.92 Å². The smallest absolute Gasteiger partial charge is 0.408 e. The molecule has 4 N–H and O–H groups in total. The molecule has 2 aromatic rings. The summed E-state index contributed by atoms with van der Waals surface area (Å²) in [5.41, 5.74) is 0.392. The van der Waals surface area contributed by atoms with E-state index in [4.69, 9.17) is 4.74 Å². The number of aliphatic hydroxyl groups is 1. The number of nitrogens with one attached hydrogen (secondary N) is 2. The van der Waals surface area contributed by atoms with Gasteiger partial charge in [0, 0.05) is 18.5 Å². The van der Waals surface area contributed by atoms with Crippen molar-refractivity contribution in [2.24, 2.45) is 0 Å². The number of benzene rings is 2. The standard InChI is InChI=1S/C29H41N3O6/c1-19-17-21(13-14-23(19)34)24(25(35)31-28(2,3)4)32(15-16-33)26(36)22(18-20-11-9-8-10-12-20)30-27(37)38-29(5,6)7/h8-14,17,22,24,33-34H,15-16,18H2,1-7H3,(H,30,37)(H,31,35). The van der Waals surface area contributed by atoms with E-state index in [9.17, 15) is 24.6 Å². The average Bonchev–Trinajstić information content (AvgIpc) is 2.78. The summed E-state index contributed by atoms with van der Waals surface area (Å²) in [6, 6.07) is 11.6. The summed E-state index contributed by atoms with van der Waals surface area (Å²) >= 11 is 0. The summed E-state index contributed by atoms with van der Waals surface area (Å²) in [5.74, 6) is -0.967. The Bertz CT molecular complexity index is 1110. The predicted octanol–water partition coefficient (Wildman–Crippen LogP) is 3.61. The molecular formula is C29H41N3O6. The molecule has 0 spiro atoms. The van der Waals surface area contributed by atoms with Gasteiger partial charge in [0.25, 0.3) is 0 Å². The van der Waals surface area contributed by atoms with Gasteiger partial charge in [-0.2, -0.15) is 0 Å². The highest BCUT2D eigenvalue weighted by molar-refractivity contribution is 5.92. The van der Waals surface area contributed by atoms with Crippen LogP contribution in [0.15, 0.2) is 48.5 Å². The first-order valence-corrected chi connectivity index (χ1v) is 12.7. The largest absolute Gasteiger partial charge is 0.508 e. The van der Waals surface area contributed by atoms with Gasteiger partial charge >= 0.3 is 6.09 Å². The van der Waals surface area contributed by atoms with Crippen LogP contribution in [0.5, 0.6) is 5.75 Å². The van der Waals surface area contributed by atoms with Gasteiger partial charge in [-0.1, -0.05) is 36.4 Å². The van der Waals surface area contributed by atoms with Gasteiger partial charge in [0.05, 0.1) is 6.61 Å². The van der Waals surface area contributed by atoms with Crippen molar-refractivity contribution in [1.82, 2.24) is 15.5 Å². The summed E-state index contributed by atoms with van der Waals surface area (Å²) in [5, 5.41) is 25.6. The molecule has 2 rings (SSSR count). The van der Waals surface area contributed by atoms with E-state index in [1.54, 1.807) is 39.8 Å². The molecule has 0 aromatic heterocycles. The molecule has 9 nitrogen and oxygen atoms in total. The van der Waals surface area contributed by atoms with Gasteiger partial charge in [-0.3, -0.25) is 9.59 Å². The van der Waals surface area contributed by atoms with E-state index < -0.39 is 47.7 Å². The fourth-order valence-corrected chi connectivity index (χ4v) is 3.93. The van der Waals surface area contributed by atoms with Crippen LogP contribution in [0.2, 0.25) is 0 Å². The van der Waals surface area contributed by atoms with E-state index >= 15 is 0 Å². The molecule has 0 aliphatic rings. The number of aryl methyl sites for hydroxylation is 1. The minimum atomic E-state index is -1.13. The fraction of sp³-hybridized carbons (Fsp3) is 0.483. The lowest BCUT2D eigenvalue weighted by Crippen LogP contribution is -2.55. The molecule has 0 saturated heterocycles. The van der Waals surface area contributed by atoms with Crippen molar-refractivity contribution in [3.63, 3.8) is 0 Å². The quantitative estimate of drug-likeness (QED) is 0.394. The van der Waals surface area contributed by atoms with Crippen molar-refractivity contribution in [2.75, 3.05) is 13.2 Å².